The molecule has 2 rings (SSSR count). The van der Waals surface area contributed by atoms with Gasteiger partial charge in [0.1, 0.15) is 18.6 Å². The molecule has 0 atom stereocenters. The molecule has 0 unspecified atom stereocenters. The Morgan fingerprint density at radius 3 is 2.27 bits per heavy atom. The number of ether oxygens (including phenoxy) is 1. The highest BCUT2D eigenvalue weighted by molar-refractivity contribution is 5.75. The first-order chi connectivity index (χ1) is 12.1. The first kappa shape index (κ1) is 19.6. The number of carbonyl (C=O) groups is 1. The summed E-state index contributed by atoms with van der Waals surface area (Å²) in [6.07, 6.45) is -6.86. The molecule has 0 aromatic heterocycles. The molecular weight excluding hydrogens is 362 g/mol. The molecule has 0 aliphatic carbocycles. The zero-order chi connectivity index (χ0) is 19.4. The molecule has 0 amide bonds. The number of hydrogen-bond acceptors (Lipinski definition) is 2. The van der Waals surface area contributed by atoms with E-state index in [0.29, 0.717) is 35.8 Å². The van der Waals surface area contributed by atoms with E-state index in [1.807, 2.05) is 0 Å². The second-order valence-corrected chi connectivity index (χ2v) is 5.20. The van der Waals surface area contributed by atoms with E-state index in [4.69, 9.17) is 4.74 Å². The summed E-state index contributed by atoms with van der Waals surface area (Å²) < 4.78 is 82.3. The highest BCUT2D eigenvalue weighted by atomic mass is 19.4. The van der Waals surface area contributed by atoms with Crippen molar-refractivity contribution in [2.75, 3.05) is 6.61 Å². The molecule has 8 heteroatoms. The number of alkyl halides is 6. The molecule has 0 spiro atoms. The molecule has 2 nitrogen and oxygen atoms in total. The van der Waals surface area contributed by atoms with Gasteiger partial charge in [-0.1, -0.05) is 18.2 Å². The van der Waals surface area contributed by atoms with E-state index in [1.54, 1.807) is 6.07 Å². The van der Waals surface area contributed by atoms with Crippen LogP contribution < -0.4 is 4.74 Å². The highest BCUT2D eigenvalue weighted by Crippen LogP contribution is 2.37. The summed E-state index contributed by atoms with van der Waals surface area (Å²) in [4.78, 5) is 10.7. The molecule has 0 N–H and O–H groups in total. The summed E-state index contributed by atoms with van der Waals surface area (Å²) >= 11 is 0. The average molecular weight is 374 g/mol. The maximum absolute atomic E-state index is 13.0. The van der Waals surface area contributed by atoms with Crippen molar-refractivity contribution < 1.29 is 35.9 Å². The Morgan fingerprint density at radius 2 is 1.65 bits per heavy atom. The van der Waals surface area contributed by atoms with Crippen molar-refractivity contribution in [1.29, 1.82) is 0 Å². The van der Waals surface area contributed by atoms with Crippen LogP contribution >= 0.6 is 0 Å². The number of hydrogen-bond donors (Lipinski definition) is 0. The van der Waals surface area contributed by atoms with Gasteiger partial charge in [0, 0.05) is 5.56 Å². The Labute approximate surface area is 144 Å². The lowest BCUT2D eigenvalue weighted by molar-refractivity contribution is -0.141. The third-order valence-electron chi connectivity index (χ3n) is 3.32. The predicted octanol–water partition coefficient (Wildman–Crippen LogP) is 5.63. The largest absolute Gasteiger partial charge is 0.490 e. The first-order valence-electron chi connectivity index (χ1n) is 7.24. The summed E-state index contributed by atoms with van der Waals surface area (Å²) in [5, 5.41) is 0. The summed E-state index contributed by atoms with van der Waals surface area (Å²) in [6.45, 7) is -0.185. The lowest BCUT2D eigenvalue weighted by Crippen LogP contribution is -2.11. The van der Waals surface area contributed by atoms with Crippen molar-refractivity contribution >= 4 is 12.4 Å². The fourth-order valence-corrected chi connectivity index (χ4v) is 2.13. The Kier molecular flexibility index (Phi) is 5.74. The van der Waals surface area contributed by atoms with Crippen molar-refractivity contribution in [2.24, 2.45) is 0 Å². The lowest BCUT2D eigenvalue weighted by Gasteiger charge is -2.13. The number of benzene rings is 2. The van der Waals surface area contributed by atoms with Crippen LogP contribution in [0.25, 0.3) is 6.08 Å². The van der Waals surface area contributed by atoms with Crippen LogP contribution in [0, 0.1) is 0 Å². The second kappa shape index (κ2) is 7.63. The molecule has 0 heterocycles. The average Bonchev–Trinajstić information content (AvgIpc) is 2.57. The van der Waals surface area contributed by atoms with Gasteiger partial charge in [-0.3, -0.25) is 4.79 Å². The molecule has 0 aliphatic heterocycles. The lowest BCUT2D eigenvalue weighted by atomic mass is 10.0. The third kappa shape index (κ3) is 5.11. The van der Waals surface area contributed by atoms with Gasteiger partial charge in [-0.15, -0.1) is 0 Å². The smallest absolute Gasteiger partial charge is 0.416 e. The minimum absolute atomic E-state index is 0.185. The van der Waals surface area contributed by atoms with Crippen LogP contribution in [-0.4, -0.2) is 12.9 Å². The predicted molar refractivity (Wildman–Crippen MR) is 82.8 cm³/mol. The van der Waals surface area contributed by atoms with Gasteiger partial charge in [0.25, 0.3) is 0 Å². The highest BCUT2D eigenvalue weighted by Gasteiger charge is 2.36. The standard InChI is InChI=1S/C18H12F6O2/c19-17(20,21)14-6-7-16(18(22,23)24)13(10-14)4-2-8-26-15-5-1-3-12(9-15)11-25/h1-7,9-11H,8H2/b4-2+. The quantitative estimate of drug-likeness (QED) is 0.501. The zero-order valence-corrected chi connectivity index (χ0v) is 13.1. The number of rotatable bonds is 5. The SMILES string of the molecule is O=Cc1cccc(OC/C=C/c2cc(C(F)(F)F)ccc2C(F)(F)F)c1. The summed E-state index contributed by atoms with van der Waals surface area (Å²) in [6, 6.07) is 7.27. The summed E-state index contributed by atoms with van der Waals surface area (Å²) in [5.74, 6) is 0.305. The molecular formula is C18H12F6O2. The maximum atomic E-state index is 13.0. The Morgan fingerprint density at radius 1 is 0.923 bits per heavy atom. The van der Waals surface area contributed by atoms with Gasteiger partial charge < -0.3 is 4.74 Å². The van der Waals surface area contributed by atoms with Crippen molar-refractivity contribution in [3.8, 4) is 5.75 Å². The number of halogens is 6. The second-order valence-electron chi connectivity index (χ2n) is 5.20. The first-order valence-corrected chi connectivity index (χ1v) is 7.24. The van der Waals surface area contributed by atoms with E-state index in [-0.39, 0.29) is 6.61 Å². The van der Waals surface area contributed by atoms with E-state index in [0.717, 1.165) is 12.2 Å². The fraction of sp³-hybridized carbons (Fsp3) is 0.167. The maximum Gasteiger partial charge on any atom is 0.416 e. The van der Waals surface area contributed by atoms with Crippen molar-refractivity contribution in [3.05, 3.63) is 70.8 Å². The van der Waals surface area contributed by atoms with Crippen molar-refractivity contribution in [1.82, 2.24) is 0 Å². The number of aldehydes is 1. The molecule has 138 valence electrons. The topological polar surface area (TPSA) is 26.3 Å². The summed E-state index contributed by atoms with van der Waals surface area (Å²) in [5.41, 5.74) is -2.62. The van der Waals surface area contributed by atoms with Crippen LogP contribution in [0.2, 0.25) is 0 Å². The van der Waals surface area contributed by atoms with Crippen LogP contribution in [0.5, 0.6) is 5.75 Å². The van der Waals surface area contributed by atoms with Crippen LogP contribution in [0.15, 0.2) is 48.5 Å². The third-order valence-corrected chi connectivity index (χ3v) is 3.32. The molecule has 0 aliphatic rings. The molecule has 0 saturated carbocycles. The molecule has 0 radical (unpaired) electrons. The van der Waals surface area contributed by atoms with Crippen molar-refractivity contribution in [3.63, 3.8) is 0 Å². The van der Waals surface area contributed by atoms with Gasteiger partial charge in [0.15, 0.2) is 0 Å². The van der Waals surface area contributed by atoms with Crippen LogP contribution in [0.4, 0.5) is 26.3 Å². The Balaban J connectivity index is 2.20. The van der Waals surface area contributed by atoms with E-state index < -0.39 is 29.0 Å². The Hall–Kier alpha value is -2.77. The number of carbonyl (C=O) groups excluding carboxylic acids is 1. The van der Waals surface area contributed by atoms with Crippen molar-refractivity contribution in [2.45, 2.75) is 12.4 Å². The van der Waals surface area contributed by atoms with Gasteiger partial charge in [0.2, 0.25) is 0 Å². The van der Waals surface area contributed by atoms with E-state index in [2.05, 4.69) is 0 Å². The van der Waals surface area contributed by atoms with E-state index in [9.17, 15) is 31.1 Å². The van der Waals surface area contributed by atoms with Gasteiger partial charge in [-0.25, -0.2) is 0 Å². The molecule has 26 heavy (non-hydrogen) atoms. The molecule has 0 fully saturated rings. The summed E-state index contributed by atoms with van der Waals surface area (Å²) in [7, 11) is 0. The van der Waals surface area contributed by atoms with E-state index in [1.165, 1.54) is 18.2 Å². The van der Waals surface area contributed by atoms with Crippen LogP contribution in [0.1, 0.15) is 27.0 Å². The monoisotopic (exact) mass is 374 g/mol. The molecule has 0 bridgehead atoms. The van der Waals surface area contributed by atoms with Gasteiger partial charge in [0.05, 0.1) is 11.1 Å². The van der Waals surface area contributed by atoms with Crippen LogP contribution in [0.3, 0.4) is 0 Å². The normalized spacial score (nSPS) is 12.4. The minimum Gasteiger partial charge on any atom is -0.490 e. The van der Waals surface area contributed by atoms with Crippen LogP contribution in [-0.2, 0) is 12.4 Å². The minimum atomic E-state index is -4.79. The molecule has 2 aromatic rings. The zero-order valence-electron chi connectivity index (χ0n) is 13.1. The van der Waals surface area contributed by atoms with Gasteiger partial charge in [-0.05, 0) is 42.0 Å². The van der Waals surface area contributed by atoms with Gasteiger partial charge in [-0.2, -0.15) is 26.3 Å². The Bertz CT molecular complexity index is 806. The van der Waals surface area contributed by atoms with E-state index >= 15 is 0 Å². The molecule has 2 aromatic carbocycles. The molecule has 0 saturated heterocycles. The fourth-order valence-electron chi connectivity index (χ4n) is 2.13. The van der Waals surface area contributed by atoms with Gasteiger partial charge >= 0.3 is 12.4 Å².